The minimum absolute atomic E-state index is 0.616. The third-order valence-corrected chi connectivity index (χ3v) is 4.19. The molecule has 0 amide bonds. The van der Waals surface area contributed by atoms with E-state index in [2.05, 4.69) is 53.0 Å². The molecule has 3 rings (SSSR count). The Morgan fingerprint density at radius 3 is 2.70 bits per heavy atom. The van der Waals surface area contributed by atoms with Crippen molar-refractivity contribution in [1.82, 2.24) is 9.55 Å². The minimum atomic E-state index is 0.616. The molecule has 0 saturated carbocycles. The van der Waals surface area contributed by atoms with Crippen molar-refractivity contribution in [2.24, 2.45) is 0 Å². The van der Waals surface area contributed by atoms with E-state index >= 15 is 0 Å². The van der Waals surface area contributed by atoms with Crippen LogP contribution in [-0.4, -0.2) is 9.55 Å². The number of aromatic nitrogens is 2. The fourth-order valence-corrected chi connectivity index (χ4v) is 2.72. The van der Waals surface area contributed by atoms with Crippen LogP contribution >= 0.6 is 15.9 Å². The van der Waals surface area contributed by atoms with Gasteiger partial charge in [-0.2, -0.15) is 5.26 Å². The normalized spacial score (nSPS) is 10.7. The third-order valence-electron chi connectivity index (χ3n) is 3.53. The molecule has 0 N–H and O–H groups in total. The molecule has 1 heterocycles. The maximum absolute atomic E-state index is 9.36. The predicted molar refractivity (Wildman–Crippen MR) is 83.0 cm³/mol. The molecular weight excluding hydrogens is 314 g/mol. The van der Waals surface area contributed by atoms with Crippen LogP contribution in [0.25, 0.3) is 16.7 Å². The lowest BCUT2D eigenvalue weighted by molar-refractivity contribution is 1.08. The van der Waals surface area contributed by atoms with E-state index < -0.39 is 0 Å². The average molecular weight is 326 g/mol. The van der Waals surface area contributed by atoms with Crippen LogP contribution in [0.15, 0.2) is 41.1 Å². The Morgan fingerprint density at radius 1 is 1.20 bits per heavy atom. The van der Waals surface area contributed by atoms with Crippen LogP contribution in [0.1, 0.15) is 16.7 Å². The number of aryl methyl sites for hydroxylation is 2. The van der Waals surface area contributed by atoms with Gasteiger partial charge in [0.15, 0.2) is 0 Å². The first-order valence-electron chi connectivity index (χ1n) is 6.25. The van der Waals surface area contributed by atoms with Crippen molar-refractivity contribution in [2.45, 2.75) is 13.8 Å². The molecule has 0 radical (unpaired) electrons. The van der Waals surface area contributed by atoms with Crippen molar-refractivity contribution in [3.05, 3.63) is 57.8 Å². The highest BCUT2D eigenvalue weighted by atomic mass is 79.9. The third kappa shape index (κ3) is 1.91. The molecule has 20 heavy (non-hydrogen) atoms. The molecule has 3 nitrogen and oxygen atoms in total. The van der Waals surface area contributed by atoms with Gasteiger partial charge >= 0.3 is 0 Å². The molecule has 0 aliphatic rings. The lowest BCUT2D eigenvalue weighted by Crippen LogP contribution is -1.97. The van der Waals surface area contributed by atoms with Gasteiger partial charge in [-0.3, -0.25) is 4.57 Å². The summed E-state index contributed by atoms with van der Waals surface area (Å²) >= 11 is 3.43. The van der Waals surface area contributed by atoms with Crippen molar-refractivity contribution in [3.63, 3.8) is 0 Å². The Hall–Kier alpha value is -2.12. The van der Waals surface area contributed by atoms with E-state index in [0.29, 0.717) is 5.56 Å². The van der Waals surface area contributed by atoms with Crippen LogP contribution in [0.3, 0.4) is 0 Å². The van der Waals surface area contributed by atoms with E-state index in [1.807, 2.05) is 22.8 Å². The van der Waals surface area contributed by atoms with Crippen LogP contribution in [0.2, 0.25) is 0 Å². The second-order valence-electron chi connectivity index (χ2n) is 4.79. The summed E-state index contributed by atoms with van der Waals surface area (Å²) in [4.78, 5) is 4.44. The van der Waals surface area contributed by atoms with Crippen LogP contribution in [-0.2, 0) is 0 Å². The summed E-state index contributed by atoms with van der Waals surface area (Å²) in [5.41, 5.74) is 5.85. The Bertz CT molecular complexity index is 856. The first kappa shape index (κ1) is 12.9. The quantitative estimate of drug-likeness (QED) is 0.670. The monoisotopic (exact) mass is 325 g/mol. The molecule has 98 valence electrons. The summed E-state index contributed by atoms with van der Waals surface area (Å²) in [6.45, 7) is 4.16. The molecule has 0 aliphatic carbocycles. The highest BCUT2D eigenvalue weighted by Crippen LogP contribution is 2.27. The Balaban J connectivity index is 2.34. The lowest BCUT2D eigenvalue weighted by Gasteiger charge is -2.09. The molecule has 2 aromatic carbocycles. The van der Waals surface area contributed by atoms with E-state index in [1.54, 1.807) is 6.33 Å². The number of hydrogen-bond donors (Lipinski definition) is 0. The molecule has 0 unspecified atom stereocenters. The summed E-state index contributed by atoms with van der Waals surface area (Å²) in [6.07, 6.45) is 1.77. The van der Waals surface area contributed by atoms with Crippen LogP contribution < -0.4 is 0 Å². The first-order valence-corrected chi connectivity index (χ1v) is 7.04. The molecule has 0 atom stereocenters. The maximum Gasteiger partial charge on any atom is 0.103 e. The largest absolute Gasteiger partial charge is 0.297 e. The maximum atomic E-state index is 9.36. The van der Waals surface area contributed by atoms with Gasteiger partial charge in [-0.25, -0.2) is 4.98 Å². The van der Waals surface area contributed by atoms with Gasteiger partial charge in [0.2, 0.25) is 0 Å². The zero-order valence-corrected chi connectivity index (χ0v) is 12.8. The summed E-state index contributed by atoms with van der Waals surface area (Å²) in [5.74, 6) is 0. The van der Waals surface area contributed by atoms with Gasteiger partial charge in [0.1, 0.15) is 12.4 Å². The molecule has 3 aromatic rings. The lowest BCUT2D eigenvalue weighted by atomic mass is 10.1. The molecule has 1 aromatic heterocycles. The number of halogens is 1. The first-order chi connectivity index (χ1) is 9.61. The van der Waals surface area contributed by atoms with Gasteiger partial charge in [0.05, 0.1) is 22.3 Å². The van der Waals surface area contributed by atoms with Gasteiger partial charge in [-0.15, -0.1) is 0 Å². The standard InChI is InChI=1S/C16H12BrN3/c1-10-6-14-16(7-11(10)2)20(9-19-14)15-5-3-4-13(17)12(15)8-18/h3-7,9H,1-2H3. The Kier molecular flexibility index (Phi) is 3.07. The second kappa shape index (κ2) is 4.77. The van der Waals surface area contributed by atoms with Crippen LogP contribution in [0, 0.1) is 25.2 Å². The number of fused-ring (bicyclic) bond motifs is 1. The molecule has 0 spiro atoms. The van der Waals surface area contributed by atoms with E-state index in [-0.39, 0.29) is 0 Å². The predicted octanol–water partition coefficient (Wildman–Crippen LogP) is 4.28. The van der Waals surface area contributed by atoms with E-state index in [1.165, 1.54) is 11.1 Å². The van der Waals surface area contributed by atoms with Gasteiger partial charge in [-0.05, 0) is 65.2 Å². The fraction of sp³-hybridized carbons (Fsp3) is 0.125. The van der Waals surface area contributed by atoms with Crippen molar-refractivity contribution in [1.29, 1.82) is 5.26 Å². The summed E-state index contributed by atoms with van der Waals surface area (Å²) in [6, 6.07) is 12.2. The van der Waals surface area contributed by atoms with Crippen molar-refractivity contribution in [3.8, 4) is 11.8 Å². The number of imidazole rings is 1. The number of hydrogen-bond acceptors (Lipinski definition) is 2. The second-order valence-corrected chi connectivity index (χ2v) is 5.64. The van der Waals surface area contributed by atoms with Gasteiger partial charge in [0, 0.05) is 4.47 Å². The Labute approximate surface area is 125 Å². The Morgan fingerprint density at radius 2 is 1.95 bits per heavy atom. The van der Waals surface area contributed by atoms with Crippen molar-refractivity contribution >= 4 is 27.0 Å². The van der Waals surface area contributed by atoms with Gasteiger partial charge < -0.3 is 0 Å². The van der Waals surface area contributed by atoms with E-state index in [0.717, 1.165) is 21.2 Å². The van der Waals surface area contributed by atoms with Crippen LogP contribution in [0.5, 0.6) is 0 Å². The van der Waals surface area contributed by atoms with Crippen molar-refractivity contribution in [2.75, 3.05) is 0 Å². The molecule has 0 fully saturated rings. The number of benzene rings is 2. The number of nitrogens with zero attached hydrogens (tertiary/aromatic N) is 3. The molecule has 0 saturated heterocycles. The highest BCUT2D eigenvalue weighted by Gasteiger charge is 2.12. The smallest absolute Gasteiger partial charge is 0.103 e. The summed E-state index contributed by atoms with van der Waals surface area (Å²) in [5, 5.41) is 9.36. The SMILES string of the molecule is Cc1cc2ncn(-c3cccc(Br)c3C#N)c2cc1C. The fourth-order valence-electron chi connectivity index (χ4n) is 2.28. The van der Waals surface area contributed by atoms with E-state index in [4.69, 9.17) is 0 Å². The molecule has 4 heteroatoms. The minimum Gasteiger partial charge on any atom is -0.297 e. The van der Waals surface area contributed by atoms with Gasteiger partial charge in [0.25, 0.3) is 0 Å². The number of nitriles is 1. The number of rotatable bonds is 1. The molecule has 0 bridgehead atoms. The summed E-state index contributed by atoms with van der Waals surface area (Å²) < 4.78 is 2.76. The van der Waals surface area contributed by atoms with Crippen molar-refractivity contribution < 1.29 is 0 Å². The molecule has 0 aliphatic heterocycles. The van der Waals surface area contributed by atoms with Crippen LogP contribution in [0.4, 0.5) is 0 Å². The topological polar surface area (TPSA) is 41.6 Å². The zero-order valence-electron chi connectivity index (χ0n) is 11.2. The summed E-state index contributed by atoms with van der Waals surface area (Å²) in [7, 11) is 0. The average Bonchev–Trinajstić information content (AvgIpc) is 2.81. The zero-order chi connectivity index (χ0) is 14.3. The molecular formula is C16H12BrN3. The van der Waals surface area contributed by atoms with E-state index in [9.17, 15) is 5.26 Å². The van der Waals surface area contributed by atoms with Gasteiger partial charge in [-0.1, -0.05) is 6.07 Å². The highest BCUT2D eigenvalue weighted by molar-refractivity contribution is 9.10.